The van der Waals surface area contributed by atoms with Crippen molar-refractivity contribution in [1.82, 2.24) is 19.1 Å². The number of morpholine rings is 1. The van der Waals surface area contributed by atoms with Gasteiger partial charge in [0.05, 0.1) is 24.6 Å². The van der Waals surface area contributed by atoms with Crippen molar-refractivity contribution in [3.8, 4) is 5.69 Å². The molecule has 1 aliphatic heterocycles. The zero-order chi connectivity index (χ0) is 20.3. The van der Waals surface area contributed by atoms with E-state index in [4.69, 9.17) is 4.74 Å². The number of nitrogens with one attached hydrogen (secondary N) is 1. The molecule has 8 nitrogen and oxygen atoms in total. The van der Waals surface area contributed by atoms with E-state index in [-0.39, 0.29) is 4.90 Å². The second kappa shape index (κ2) is 8.32. The van der Waals surface area contributed by atoms with Gasteiger partial charge in [0.15, 0.2) is 0 Å². The highest BCUT2D eigenvalue weighted by Gasteiger charge is 2.26. The van der Waals surface area contributed by atoms with Crippen LogP contribution >= 0.6 is 0 Å². The third-order valence-corrected chi connectivity index (χ3v) is 6.65. The van der Waals surface area contributed by atoms with E-state index in [1.807, 2.05) is 48.1 Å². The molecule has 1 aliphatic rings. The lowest BCUT2D eigenvalue weighted by atomic mass is 10.2. The normalized spacial score (nSPS) is 15.3. The number of nitrogens with zero attached hydrogens (tertiary/aromatic N) is 4. The van der Waals surface area contributed by atoms with Gasteiger partial charge in [0, 0.05) is 32.0 Å². The third kappa shape index (κ3) is 4.31. The summed E-state index contributed by atoms with van der Waals surface area (Å²) in [6.45, 7) is 4.06. The Morgan fingerprint density at radius 3 is 2.59 bits per heavy atom. The summed E-state index contributed by atoms with van der Waals surface area (Å²) >= 11 is 0. The zero-order valence-electron chi connectivity index (χ0n) is 16.2. The van der Waals surface area contributed by atoms with Crippen molar-refractivity contribution < 1.29 is 13.2 Å². The summed E-state index contributed by atoms with van der Waals surface area (Å²) in [5.41, 5.74) is 2.99. The van der Waals surface area contributed by atoms with Crippen LogP contribution in [0.2, 0.25) is 0 Å². The van der Waals surface area contributed by atoms with Crippen molar-refractivity contribution in [2.24, 2.45) is 0 Å². The zero-order valence-corrected chi connectivity index (χ0v) is 17.0. The molecule has 0 unspecified atom stereocenters. The summed E-state index contributed by atoms with van der Waals surface area (Å²) in [6.07, 6.45) is 3.33. The molecule has 0 spiro atoms. The van der Waals surface area contributed by atoms with Crippen molar-refractivity contribution in [2.45, 2.75) is 18.4 Å². The Labute approximate surface area is 170 Å². The van der Waals surface area contributed by atoms with Crippen LogP contribution < -0.4 is 5.32 Å². The molecule has 29 heavy (non-hydrogen) atoms. The Balaban J connectivity index is 1.47. The highest BCUT2D eigenvalue weighted by atomic mass is 32.2. The lowest BCUT2D eigenvalue weighted by Gasteiger charge is -2.25. The molecule has 1 aromatic carbocycles. The second-order valence-corrected chi connectivity index (χ2v) is 8.72. The van der Waals surface area contributed by atoms with Gasteiger partial charge in [-0.25, -0.2) is 18.1 Å². The molecule has 0 radical (unpaired) electrons. The molecule has 152 valence electrons. The van der Waals surface area contributed by atoms with E-state index >= 15 is 0 Å². The van der Waals surface area contributed by atoms with Crippen molar-refractivity contribution in [1.29, 1.82) is 0 Å². The van der Waals surface area contributed by atoms with Gasteiger partial charge >= 0.3 is 0 Å². The van der Waals surface area contributed by atoms with Gasteiger partial charge in [0.25, 0.3) is 0 Å². The fraction of sp³-hybridized carbons (Fsp3) is 0.300. The maximum absolute atomic E-state index is 12.7. The maximum atomic E-state index is 12.7. The molecular formula is C20H23N5O3S. The number of para-hydroxylation sites is 1. The largest absolute Gasteiger partial charge is 0.379 e. The number of pyridine rings is 1. The van der Waals surface area contributed by atoms with E-state index in [0.29, 0.717) is 38.7 Å². The summed E-state index contributed by atoms with van der Waals surface area (Å²) in [5, 5.41) is 7.73. The molecule has 3 aromatic rings. The van der Waals surface area contributed by atoms with E-state index in [2.05, 4.69) is 15.4 Å². The minimum absolute atomic E-state index is 0.192. The Morgan fingerprint density at radius 1 is 1.10 bits per heavy atom. The highest BCUT2D eigenvalue weighted by molar-refractivity contribution is 7.89. The summed E-state index contributed by atoms with van der Waals surface area (Å²) in [5.74, 6) is 0.609. The van der Waals surface area contributed by atoms with E-state index in [0.717, 1.165) is 16.9 Å². The summed E-state index contributed by atoms with van der Waals surface area (Å²) < 4.78 is 33.9. The third-order valence-electron chi connectivity index (χ3n) is 4.76. The van der Waals surface area contributed by atoms with E-state index in [1.54, 1.807) is 12.1 Å². The monoisotopic (exact) mass is 413 g/mol. The van der Waals surface area contributed by atoms with Crippen LogP contribution in [0.15, 0.2) is 59.8 Å². The molecular weight excluding hydrogens is 390 g/mol. The average molecular weight is 414 g/mol. The van der Waals surface area contributed by atoms with Crippen LogP contribution in [-0.2, 0) is 21.3 Å². The Morgan fingerprint density at radius 2 is 1.90 bits per heavy atom. The molecule has 2 aromatic heterocycles. The van der Waals surface area contributed by atoms with Crippen LogP contribution in [-0.4, -0.2) is 53.8 Å². The predicted octanol–water partition coefficient (Wildman–Crippen LogP) is 2.21. The van der Waals surface area contributed by atoms with Crippen molar-refractivity contribution in [3.05, 3.63) is 66.1 Å². The van der Waals surface area contributed by atoms with Gasteiger partial charge in [-0.3, -0.25) is 0 Å². The second-order valence-electron chi connectivity index (χ2n) is 6.78. The minimum atomic E-state index is -3.53. The molecule has 0 saturated carbocycles. The summed E-state index contributed by atoms with van der Waals surface area (Å²) in [7, 11) is -3.53. The molecule has 0 aliphatic carbocycles. The smallest absolute Gasteiger partial charge is 0.244 e. The Hall–Kier alpha value is -2.75. The van der Waals surface area contributed by atoms with Crippen LogP contribution in [0, 0.1) is 6.92 Å². The lowest BCUT2D eigenvalue weighted by molar-refractivity contribution is 0.0730. The first-order valence-corrected chi connectivity index (χ1v) is 10.9. The Bertz CT molecular complexity index is 1070. The van der Waals surface area contributed by atoms with E-state index in [9.17, 15) is 8.42 Å². The van der Waals surface area contributed by atoms with Crippen LogP contribution in [0.4, 0.5) is 5.82 Å². The number of hydrogen-bond donors (Lipinski definition) is 1. The standard InChI is InChI=1S/C20H23N5O3S/c1-16-8-9-25(23-16)19-5-3-2-4-17(19)14-21-20-7-6-18(15-22-20)29(26,27)24-10-12-28-13-11-24/h2-9,15H,10-14H2,1H3,(H,21,22). The van der Waals surface area contributed by atoms with Gasteiger partial charge < -0.3 is 10.1 Å². The van der Waals surface area contributed by atoms with Gasteiger partial charge in [-0.2, -0.15) is 9.40 Å². The van der Waals surface area contributed by atoms with E-state index in [1.165, 1.54) is 10.5 Å². The predicted molar refractivity (Wildman–Crippen MR) is 109 cm³/mol. The minimum Gasteiger partial charge on any atom is -0.379 e. The van der Waals surface area contributed by atoms with Gasteiger partial charge in [-0.1, -0.05) is 18.2 Å². The molecule has 9 heteroatoms. The molecule has 0 amide bonds. The van der Waals surface area contributed by atoms with E-state index < -0.39 is 10.0 Å². The number of rotatable bonds is 6. The first kappa shape index (κ1) is 19.6. The van der Waals surface area contributed by atoms with Gasteiger partial charge in [-0.05, 0) is 36.8 Å². The molecule has 0 bridgehead atoms. The fourth-order valence-electron chi connectivity index (χ4n) is 3.19. The fourth-order valence-corrected chi connectivity index (χ4v) is 4.55. The van der Waals surface area contributed by atoms with Crippen LogP contribution in [0.3, 0.4) is 0 Å². The summed E-state index contributed by atoms with van der Waals surface area (Å²) in [4.78, 5) is 4.48. The number of aromatic nitrogens is 3. The maximum Gasteiger partial charge on any atom is 0.244 e. The number of aryl methyl sites for hydroxylation is 1. The topological polar surface area (TPSA) is 89.4 Å². The molecule has 1 fully saturated rings. The molecule has 4 rings (SSSR count). The molecule has 1 N–H and O–H groups in total. The van der Waals surface area contributed by atoms with Crippen molar-refractivity contribution in [2.75, 3.05) is 31.6 Å². The number of ether oxygens (including phenoxy) is 1. The number of hydrogen-bond acceptors (Lipinski definition) is 6. The van der Waals surface area contributed by atoms with Gasteiger partial charge in [0.2, 0.25) is 10.0 Å². The van der Waals surface area contributed by atoms with Crippen LogP contribution in [0.25, 0.3) is 5.69 Å². The highest BCUT2D eigenvalue weighted by Crippen LogP contribution is 2.19. The summed E-state index contributed by atoms with van der Waals surface area (Å²) in [6, 6.07) is 13.2. The van der Waals surface area contributed by atoms with Gasteiger partial charge in [-0.15, -0.1) is 0 Å². The van der Waals surface area contributed by atoms with Gasteiger partial charge in [0.1, 0.15) is 10.7 Å². The Kier molecular flexibility index (Phi) is 5.61. The SMILES string of the molecule is Cc1ccn(-c2ccccc2CNc2ccc(S(=O)(=O)N3CCOCC3)cn2)n1. The van der Waals surface area contributed by atoms with Crippen LogP contribution in [0.1, 0.15) is 11.3 Å². The quantitative estimate of drug-likeness (QED) is 0.667. The lowest BCUT2D eigenvalue weighted by Crippen LogP contribution is -2.40. The van der Waals surface area contributed by atoms with Crippen LogP contribution in [0.5, 0.6) is 0 Å². The number of anilines is 1. The average Bonchev–Trinajstić information content (AvgIpc) is 3.19. The number of benzene rings is 1. The van der Waals surface area contributed by atoms with Crippen molar-refractivity contribution in [3.63, 3.8) is 0 Å². The molecule has 3 heterocycles. The molecule has 0 atom stereocenters. The van der Waals surface area contributed by atoms with Crippen molar-refractivity contribution >= 4 is 15.8 Å². The molecule has 1 saturated heterocycles. The number of sulfonamides is 1. The first-order valence-electron chi connectivity index (χ1n) is 9.42. The first-order chi connectivity index (χ1) is 14.0.